The monoisotopic (exact) mass is 444 g/mol. The Morgan fingerprint density at radius 3 is 2.47 bits per heavy atom. The minimum absolute atomic E-state index is 0.0104. The fraction of sp³-hybridized carbons (Fsp3) is 0.333. The van der Waals surface area contributed by atoms with Crippen LogP contribution in [0.25, 0.3) is 0 Å². The molecule has 30 heavy (non-hydrogen) atoms. The van der Waals surface area contributed by atoms with Gasteiger partial charge in [0.1, 0.15) is 4.21 Å². The molecule has 3 aromatic rings. The molecule has 4 rings (SSSR count). The van der Waals surface area contributed by atoms with Crippen LogP contribution >= 0.6 is 11.3 Å². The molecule has 0 atom stereocenters. The van der Waals surface area contributed by atoms with Crippen molar-refractivity contribution in [2.75, 3.05) is 13.1 Å². The van der Waals surface area contributed by atoms with E-state index in [-0.39, 0.29) is 11.8 Å². The summed E-state index contributed by atoms with van der Waals surface area (Å²) in [5.74, 6) is -0.164. The summed E-state index contributed by atoms with van der Waals surface area (Å²) < 4.78 is 28.9. The van der Waals surface area contributed by atoms with Crippen molar-refractivity contribution in [3.05, 3.63) is 71.4 Å². The zero-order valence-electron chi connectivity index (χ0n) is 16.5. The van der Waals surface area contributed by atoms with E-state index < -0.39 is 10.0 Å². The largest absolute Gasteiger partial charge is 0.352 e. The Kier molecular flexibility index (Phi) is 6.31. The highest BCUT2D eigenvalue weighted by Crippen LogP contribution is 2.26. The molecule has 2 aromatic heterocycles. The van der Waals surface area contributed by atoms with Gasteiger partial charge in [-0.1, -0.05) is 30.3 Å². The first kappa shape index (κ1) is 20.8. The molecule has 0 bridgehead atoms. The van der Waals surface area contributed by atoms with Gasteiger partial charge in [-0.25, -0.2) is 8.42 Å². The average Bonchev–Trinajstić information content (AvgIpc) is 3.48. The van der Waals surface area contributed by atoms with Crippen LogP contribution < -0.4 is 5.32 Å². The highest BCUT2D eigenvalue weighted by Gasteiger charge is 2.32. The first-order chi connectivity index (χ1) is 14.5. The number of hydrogen-bond acceptors (Lipinski definition) is 5. The predicted octanol–water partition coefficient (Wildman–Crippen LogP) is 2.71. The fourth-order valence-corrected chi connectivity index (χ4v) is 6.19. The number of hydrogen-bond donors (Lipinski definition) is 1. The number of piperidine rings is 1. The van der Waals surface area contributed by atoms with Crippen LogP contribution in [0.5, 0.6) is 0 Å². The smallest absolute Gasteiger partial charge is 0.252 e. The number of sulfonamides is 1. The normalized spacial score (nSPS) is 15.9. The number of nitrogens with zero attached hydrogens (tertiary/aromatic N) is 3. The highest BCUT2D eigenvalue weighted by atomic mass is 32.2. The third-order valence-corrected chi connectivity index (χ3v) is 8.58. The van der Waals surface area contributed by atoms with Crippen molar-refractivity contribution in [2.45, 2.75) is 30.1 Å². The molecular weight excluding hydrogens is 420 g/mol. The van der Waals surface area contributed by atoms with Crippen molar-refractivity contribution < 1.29 is 13.2 Å². The van der Waals surface area contributed by atoms with E-state index in [0.717, 1.165) is 11.1 Å². The van der Waals surface area contributed by atoms with Gasteiger partial charge in [0, 0.05) is 37.9 Å². The van der Waals surface area contributed by atoms with E-state index in [4.69, 9.17) is 0 Å². The van der Waals surface area contributed by atoms with Crippen LogP contribution in [-0.2, 0) is 27.9 Å². The second-order valence-electron chi connectivity index (χ2n) is 7.35. The standard InChI is InChI=1S/C21H24N4O3S2/c26-21(19-8-12-25(13-9-19)30(27,28)20-3-1-14-29-20)22-15-17-4-6-18(7-5-17)16-24-11-2-10-23-24/h1-7,10-11,14,19H,8-9,12-13,15-16H2,(H,22,26). The lowest BCUT2D eigenvalue weighted by molar-refractivity contribution is -0.126. The number of amides is 1. The van der Waals surface area contributed by atoms with Crippen molar-refractivity contribution in [3.8, 4) is 0 Å². The third-order valence-electron chi connectivity index (χ3n) is 5.31. The molecule has 1 aromatic carbocycles. The number of carbonyl (C=O) groups is 1. The van der Waals surface area contributed by atoms with Crippen LogP contribution in [0.4, 0.5) is 0 Å². The van der Waals surface area contributed by atoms with Gasteiger partial charge in [-0.2, -0.15) is 9.40 Å². The van der Waals surface area contributed by atoms with Gasteiger partial charge in [0.2, 0.25) is 5.91 Å². The van der Waals surface area contributed by atoms with Gasteiger partial charge in [-0.3, -0.25) is 9.48 Å². The summed E-state index contributed by atoms with van der Waals surface area (Å²) in [7, 11) is -3.43. The zero-order valence-corrected chi connectivity index (χ0v) is 18.1. The molecular formula is C21H24N4O3S2. The lowest BCUT2D eigenvalue weighted by Crippen LogP contribution is -2.42. The number of thiophene rings is 1. The molecule has 1 fully saturated rings. The maximum atomic E-state index is 12.6. The molecule has 3 heterocycles. The van der Waals surface area contributed by atoms with Gasteiger partial charge in [-0.15, -0.1) is 11.3 Å². The lowest BCUT2D eigenvalue weighted by atomic mass is 9.97. The maximum Gasteiger partial charge on any atom is 0.252 e. The summed E-state index contributed by atoms with van der Waals surface area (Å²) in [5, 5.41) is 8.95. The summed E-state index contributed by atoms with van der Waals surface area (Å²) in [6, 6.07) is 13.4. The topological polar surface area (TPSA) is 84.3 Å². The Bertz CT molecular complexity index is 1050. The van der Waals surface area contributed by atoms with Crippen LogP contribution in [0, 0.1) is 5.92 Å². The molecule has 0 saturated carbocycles. The van der Waals surface area contributed by atoms with E-state index in [1.54, 1.807) is 23.7 Å². The number of carbonyl (C=O) groups excluding carboxylic acids is 1. The molecule has 9 heteroatoms. The molecule has 0 unspecified atom stereocenters. The SMILES string of the molecule is O=C(NCc1ccc(Cn2cccn2)cc1)C1CCN(S(=O)(=O)c2cccs2)CC1. The van der Waals surface area contributed by atoms with Crippen molar-refractivity contribution in [1.82, 2.24) is 19.4 Å². The van der Waals surface area contributed by atoms with E-state index in [1.807, 2.05) is 41.2 Å². The van der Waals surface area contributed by atoms with E-state index in [2.05, 4.69) is 10.4 Å². The molecule has 0 spiro atoms. The van der Waals surface area contributed by atoms with Crippen molar-refractivity contribution >= 4 is 27.3 Å². The quantitative estimate of drug-likeness (QED) is 0.607. The van der Waals surface area contributed by atoms with E-state index in [1.165, 1.54) is 15.6 Å². The average molecular weight is 445 g/mol. The number of rotatable bonds is 7. The van der Waals surface area contributed by atoms with Gasteiger partial charge in [0.05, 0.1) is 6.54 Å². The molecule has 1 N–H and O–H groups in total. The molecule has 1 saturated heterocycles. The Morgan fingerprint density at radius 2 is 1.83 bits per heavy atom. The van der Waals surface area contributed by atoms with Gasteiger partial charge >= 0.3 is 0 Å². The number of aromatic nitrogens is 2. The second-order valence-corrected chi connectivity index (χ2v) is 10.5. The van der Waals surface area contributed by atoms with E-state index in [0.29, 0.717) is 43.2 Å². The summed E-state index contributed by atoms with van der Waals surface area (Å²) in [5.41, 5.74) is 2.18. The fourth-order valence-electron chi connectivity index (χ4n) is 3.57. The maximum absolute atomic E-state index is 12.6. The Hall–Kier alpha value is -2.49. The summed E-state index contributed by atoms with van der Waals surface area (Å²) in [6.45, 7) is 1.93. The van der Waals surface area contributed by atoms with Crippen molar-refractivity contribution in [2.24, 2.45) is 5.92 Å². The minimum atomic E-state index is -3.43. The minimum Gasteiger partial charge on any atom is -0.352 e. The molecule has 158 valence electrons. The molecule has 0 aliphatic carbocycles. The first-order valence-electron chi connectivity index (χ1n) is 9.89. The molecule has 1 amide bonds. The Balaban J connectivity index is 1.25. The zero-order chi connectivity index (χ0) is 21.0. The van der Waals surface area contributed by atoms with Gasteiger partial charge < -0.3 is 5.32 Å². The van der Waals surface area contributed by atoms with Gasteiger partial charge in [0.25, 0.3) is 10.0 Å². The van der Waals surface area contributed by atoms with Gasteiger partial charge in [0.15, 0.2) is 0 Å². The number of benzene rings is 1. The summed E-state index contributed by atoms with van der Waals surface area (Å²) in [6.07, 6.45) is 4.76. The lowest BCUT2D eigenvalue weighted by Gasteiger charge is -2.30. The summed E-state index contributed by atoms with van der Waals surface area (Å²) in [4.78, 5) is 12.5. The number of nitrogens with one attached hydrogen (secondary N) is 1. The first-order valence-corrected chi connectivity index (χ1v) is 12.2. The van der Waals surface area contributed by atoms with Crippen molar-refractivity contribution in [3.63, 3.8) is 0 Å². The Labute approximate surface area is 180 Å². The van der Waals surface area contributed by atoms with Crippen LogP contribution in [0.15, 0.2) is 64.4 Å². The molecule has 1 aliphatic heterocycles. The molecule has 7 nitrogen and oxygen atoms in total. The van der Waals surface area contributed by atoms with Crippen LogP contribution in [0.1, 0.15) is 24.0 Å². The van der Waals surface area contributed by atoms with Crippen LogP contribution in [0.2, 0.25) is 0 Å². The second kappa shape index (κ2) is 9.11. The van der Waals surface area contributed by atoms with Crippen LogP contribution in [-0.4, -0.2) is 41.5 Å². The molecule has 1 aliphatic rings. The third kappa shape index (κ3) is 4.80. The van der Waals surface area contributed by atoms with Crippen molar-refractivity contribution in [1.29, 1.82) is 0 Å². The Morgan fingerprint density at radius 1 is 1.10 bits per heavy atom. The van der Waals surface area contributed by atoms with Crippen LogP contribution in [0.3, 0.4) is 0 Å². The predicted molar refractivity (Wildman–Crippen MR) is 115 cm³/mol. The van der Waals surface area contributed by atoms with Gasteiger partial charge in [-0.05, 0) is 41.5 Å². The highest BCUT2D eigenvalue weighted by molar-refractivity contribution is 7.91. The van der Waals surface area contributed by atoms with E-state index >= 15 is 0 Å². The summed E-state index contributed by atoms with van der Waals surface area (Å²) >= 11 is 1.22. The molecule has 0 radical (unpaired) electrons. The van der Waals surface area contributed by atoms with E-state index in [9.17, 15) is 13.2 Å².